The van der Waals surface area contributed by atoms with Crippen molar-refractivity contribution in [3.63, 3.8) is 0 Å². The van der Waals surface area contributed by atoms with Gasteiger partial charge in [0.1, 0.15) is 32.5 Å². The standard InChI is InChI=1S/C45H40N2O8/c48-43(36-23-13-25-39(52-28-32-15-5-1-6-16-32)41(36)54-30-34-19-9-3-10-20-34)46-27-38(45(50)51)47-44(49)37-24-14-26-40(53-29-33-17-7-2-8-18-33)42(37)55-31-35-21-11-4-12-22-35/h1-26,38H,27-31H2,(H,46,48)(H,47,49)(H,50,51)/t38-/m0/s1. The molecule has 0 bridgehead atoms. The summed E-state index contributed by atoms with van der Waals surface area (Å²) in [5.41, 5.74) is 3.78. The van der Waals surface area contributed by atoms with Gasteiger partial charge in [0.15, 0.2) is 23.0 Å². The van der Waals surface area contributed by atoms with Crippen molar-refractivity contribution in [2.75, 3.05) is 6.54 Å². The average molecular weight is 737 g/mol. The lowest BCUT2D eigenvalue weighted by atomic mass is 10.1. The second kappa shape index (κ2) is 19.1. The highest BCUT2D eigenvalue weighted by Crippen LogP contribution is 2.34. The second-order valence-electron chi connectivity index (χ2n) is 12.4. The summed E-state index contributed by atoms with van der Waals surface area (Å²) in [6.45, 7) is 0.304. The maximum Gasteiger partial charge on any atom is 0.328 e. The van der Waals surface area contributed by atoms with Crippen LogP contribution < -0.4 is 29.6 Å². The lowest BCUT2D eigenvalue weighted by molar-refractivity contribution is -0.139. The number of amides is 2. The molecule has 278 valence electrons. The van der Waals surface area contributed by atoms with Crippen LogP contribution in [-0.2, 0) is 31.2 Å². The van der Waals surface area contributed by atoms with Crippen molar-refractivity contribution in [1.29, 1.82) is 0 Å². The van der Waals surface area contributed by atoms with Crippen molar-refractivity contribution in [3.05, 3.63) is 191 Å². The molecule has 0 spiro atoms. The van der Waals surface area contributed by atoms with E-state index in [0.29, 0.717) is 11.5 Å². The molecule has 0 unspecified atom stereocenters. The smallest absolute Gasteiger partial charge is 0.328 e. The van der Waals surface area contributed by atoms with Crippen molar-refractivity contribution in [2.24, 2.45) is 0 Å². The second-order valence-corrected chi connectivity index (χ2v) is 12.4. The van der Waals surface area contributed by atoms with E-state index in [4.69, 9.17) is 18.9 Å². The number of carboxylic acids is 1. The Balaban J connectivity index is 1.18. The number of nitrogens with one attached hydrogen (secondary N) is 2. The molecule has 0 saturated carbocycles. The van der Waals surface area contributed by atoms with E-state index >= 15 is 0 Å². The first kappa shape index (κ1) is 37.7. The Labute approximate surface area is 319 Å². The topological polar surface area (TPSA) is 132 Å². The highest BCUT2D eigenvalue weighted by molar-refractivity contribution is 6.00. The Morgan fingerprint density at radius 3 is 1.20 bits per heavy atom. The van der Waals surface area contributed by atoms with Gasteiger partial charge in [-0.15, -0.1) is 0 Å². The SMILES string of the molecule is O=C(NC[C@H](NC(=O)c1cccc(OCc2ccccc2)c1OCc1ccccc1)C(=O)O)c1cccc(OCc2ccccc2)c1OCc1ccccc1. The van der Waals surface area contributed by atoms with Crippen LogP contribution in [0.3, 0.4) is 0 Å². The van der Waals surface area contributed by atoms with Crippen LogP contribution in [0, 0.1) is 0 Å². The molecule has 0 radical (unpaired) electrons. The summed E-state index contributed by atoms with van der Waals surface area (Å²) in [6, 6.07) is 46.3. The number of aliphatic carboxylic acids is 1. The van der Waals surface area contributed by atoms with Crippen molar-refractivity contribution >= 4 is 17.8 Å². The van der Waals surface area contributed by atoms with Crippen LogP contribution in [0.1, 0.15) is 43.0 Å². The van der Waals surface area contributed by atoms with Crippen molar-refractivity contribution in [1.82, 2.24) is 10.6 Å². The van der Waals surface area contributed by atoms with Gasteiger partial charge in [0.05, 0.1) is 11.1 Å². The fourth-order valence-electron chi connectivity index (χ4n) is 5.57. The number of carbonyl (C=O) groups excluding carboxylic acids is 2. The highest BCUT2D eigenvalue weighted by atomic mass is 16.5. The maximum absolute atomic E-state index is 13.8. The minimum atomic E-state index is -1.50. The van der Waals surface area contributed by atoms with Gasteiger partial charge in [0, 0.05) is 6.54 Å². The van der Waals surface area contributed by atoms with E-state index in [2.05, 4.69) is 10.6 Å². The Kier molecular flexibility index (Phi) is 13.1. The molecule has 0 saturated heterocycles. The molecule has 0 aliphatic carbocycles. The molecule has 2 amide bonds. The molecule has 6 aromatic carbocycles. The molecule has 6 aromatic rings. The van der Waals surface area contributed by atoms with Crippen LogP contribution in [0.25, 0.3) is 0 Å². The first-order valence-corrected chi connectivity index (χ1v) is 17.7. The van der Waals surface area contributed by atoms with E-state index in [1.54, 1.807) is 30.3 Å². The lowest BCUT2D eigenvalue weighted by Gasteiger charge is -2.20. The van der Waals surface area contributed by atoms with Gasteiger partial charge in [0.2, 0.25) is 0 Å². The summed E-state index contributed by atoms with van der Waals surface area (Å²) in [7, 11) is 0. The van der Waals surface area contributed by atoms with Crippen molar-refractivity contribution < 1.29 is 38.4 Å². The molecule has 0 fully saturated rings. The number of hydrogen-bond donors (Lipinski definition) is 3. The molecule has 10 nitrogen and oxygen atoms in total. The molecule has 1 atom stereocenters. The van der Waals surface area contributed by atoms with Crippen LogP contribution in [0.15, 0.2) is 158 Å². The van der Waals surface area contributed by atoms with Gasteiger partial charge in [-0.3, -0.25) is 9.59 Å². The van der Waals surface area contributed by atoms with Crippen LogP contribution in [0.2, 0.25) is 0 Å². The van der Waals surface area contributed by atoms with E-state index in [1.807, 2.05) is 121 Å². The van der Waals surface area contributed by atoms with Crippen LogP contribution in [-0.4, -0.2) is 35.5 Å². The summed E-state index contributed by atoms with van der Waals surface area (Å²) in [5, 5.41) is 15.4. The van der Waals surface area contributed by atoms with Crippen LogP contribution in [0.5, 0.6) is 23.0 Å². The summed E-state index contributed by atoms with van der Waals surface area (Å²) in [5.74, 6) is -1.69. The fourth-order valence-corrected chi connectivity index (χ4v) is 5.57. The first-order chi connectivity index (χ1) is 26.9. The molecule has 10 heteroatoms. The Bertz CT molecular complexity index is 2160. The van der Waals surface area contributed by atoms with Gasteiger partial charge in [-0.05, 0) is 46.5 Å². The number of carboxylic acid groups (broad SMARTS) is 1. The lowest BCUT2D eigenvalue weighted by Crippen LogP contribution is -2.48. The van der Waals surface area contributed by atoms with Gasteiger partial charge < -0.3 is 34.7 Å². The molecule has 55 heavy (non-hydrogen) atoms. The van der Waals surface area contributed by atoms with E-state index < -0.39 is 30.4 Å². The summed E-state index contributed by atoms with van der Waals surface area (Å²) in [4.78, 5) is 40.0. The zero-order chi connectivity index (χ0) is 38.2. The average Bonchev–Trinajstić information content (AvgIpc) is 3.23. The van der Waals surface area contributed by atoms with Gasteiger partial charge in [-0.2, -0.15) is 0 Å². The van der Waals surface area contributed by atoms with Gasteiger partial charge in [-0.25, -0.2) is 4.79 Å². The molecule has 6 rings (SSSR count). The highest BCUT2D eigenvalue weighted by Gasteiger charge is 2.26. The third-order valence-electron chi connectivity index (χ3n) is 8.44. The number of hydrogen-bond acceptors (Lipinski definition) is 7. The molecule has 3 N–H and O–H groups in total. The fraction of sp³-hybridized carbons (Fsp3) is 0.133. The number of ether oxygens (including phenoxy) is 4. The Morgan fingerprint density at radius 1 is 0.455 bits per heavy atom. The van der Waals surface area contributed by atoms with Gasteiger partial charge in [0.25, 0.3) is 11.8 Å². The minimum absolute atomic E-state index is 0.0685. The number of carbonyl (C=O) groups is 3. The Morgan fingerprint density at radius 2 is 0.818 bits per heavy atom. The maximum atomic E-state index is 13.8. The third-order valence-corrected chi connectivity index (χ3v) is 8.44. The van der Waals surface area contributed by atoms with Crippen molar-refractivity contribution in [3.8, 4) is 23.0 Å². The first-order valence-electron chi connectivity index (χ1n) is 17.7. The van der Waals surface area contributed by atoms with E-state index in [0.717, 1.165) is 22.3 Å². The number of benzene rings is 6. The van der Waals surface area contributed by atoms with Gasteiger partial charge in [-0.1, -0.05) is 133 Å². The van der Waals surface area contributed by atoms with Crippen LogP contribution >= 0.6 is 0 Å². The Hall–Kier alpha value is -7.07. The monoisotopic (exact) mass is 736 g/mol. The normalized spacial score (nSPS) is 11.1. The molecule has 0 aliphatic rings. The van der Waals surface area contributed by atoms with E-state index in [1.165, 1.54) is 6.07 Å². The third kappa shape index (κ3) is 10.7. The number of para-hydroxylation sites is 2. The summed E-state index contributed by atoms with van der Waals surface area (Å²) in [6.07, 6.45) is 0. The molecule has 0 aromatic heterocycles. The van der Waals surface area contributed by atoms with Gasteiger partial charge >= 0.3 is 5.97 Å². The summed E-state index contributed by atoms with van der Waals surface area (Å²) >= 11 is 0. The minimum Gasteiger partial charge on any atom is -0.485 e. The molecule has 0 aliphatic heterocycles. The summed E-state index contributed by atoms with van der Waals surface area (Å²) < 4.78 is 24.5. The largest absolute Gasteiger partial charge is 0.485 e. The molecular formula is C45H40N2O8. The molecular weight excluding hydrogens is 697 g/mol. The van der Waals surface area contributed by atoms with E-state index in [9.17, 15) is 19.5 Å². The zero-order valence-electron chi connectivity index (χ0n) is 29.9. The van der Waals surface area contributed by atoms with Crippen molar-refractivity contribution in [2.45, 2.75) is 32.5 Å². The molecule has 0 heterocycles. The predicted octanol–water partition coefficient (Wildman–Crippen LogP) is 7.62. The number of rotatable bonds is 18. The predicted molar refractivity (Wildman–Crippen MR) is 207 cm³/mol. The van der Waals surface area contributed by atoms with Crippen LogP contribution in [0.4, 0.5) is 0 Å². The zero-order valence-corrected chi connectivity index (χ0v) is 29.9. The quantitative estimate of drug-likeness (QED) is 0.0822. The van der Waals surface area contributed by atoms with E-state index in [-0.39, 0.29) is 49.1 Å².